The molecule has 0 spiro atoms. The second-order valence-electron chi connectivity index (χ2n) is 2.83. The third kappa shape index (κ3) is 2.76. The van der Waals surface area contributed by atoms with Gasteiger partial charge in [0.25, 0.3) is 5.19 Å². The molecular formula is C9H6Br2N2OS. The van der Waals surface area contributed by atoms with Crippen LogP contribution < -0.4 is 4.74 Å². The fourth-order valence-corrected chi connectivity index (χ4v) is 2.29. The van der Waals surface area contributed by atoms with Gasteiger partial charge in [0.2, 0.25) is 0 Å². The normalized spacial score (nSPS) is 10.3. The van der Waals surface area contributed by atoms with Crippen molar-refractivity contribution in [2.75, 3.05) is 0 Å². The van der Waals surface area contributed by atoms with Crippen LogP contribution in [-0.2, 0) is 0 Å². The standard InChI is InChI=1S/C9H6Br2N2OS/c1-5-2-3-6(10)4-7(5)14-9-13-12-8(11)15-9/h2-4H,1H3. The van der Waals surface area contributed by atoms with Crippen LogP contribution in [0.2, 0.25) is 0 Å². The summed E-state index contributed by atoms with van der Waals surface area (Å²) in [6, 6.07) is 5.86. The van der Waals surface area contributed by atoms with Gasteiger partial charge in [-0.3, -0.25) is 0 Å². The van der Waals surface area contributed by atoms with Crippen molar-refractivity contribution in [3.8, 4) is 10.9 Å². The van der Waals surface area contributed by atoms with E-state index >= 15 is 0 Å². The highest BCUT2D eigenvalue weighted by Crippen LogP contribution is 2.31. The van der Waals surface area contributed by atoms with E-state index in [1.807, 2.05) is 25.1 Å². The number of hydrogen-bond acceptors (Lipinski definition) is 4. The fraction of sp³-hybridized carbons (Fsp3) is 0.111. The Balaban J connectivity index is 2.27. The van der Waals surface area contributed by atoms with Gasteiger partial charge in [0, 0.05) is 4.47 Å². The Kier molecular flexibility index (Phi) is 3.38. The van der Waals surface area contributed by atoms with E-state index in [2.05, 4.69) is 42.1 Å². The Hall–Kier alpha value is -0.460. The maximum absolute atomic E-state index is 5.60. The Bertz CT molecular complexity index is 487. The van der Waals surface area contributed by atoms with Crippen molar-refractivity contribution in [2.24, 2.45) is 0 Å². The topological polar surface area (TPSA) is 35.0 Å². The van der Waals surface area contributed by atoms with Gasteiger partial charge < -0.3 is 4.74 Å². The zero-order chi connectivity index (χ0) is 10.8. The van der Waals surface area contributed by atoms with Crippen LogP contribution >= 0.6 is 43.2 Å². The molecule has 1 aromatic heterocycles. The number of hydrogen-bond donors (Lipinski definition) is 0. The summed E-state index contributed by atoms with van der Waals surface area (Å²) in [4.78, 5) is 0. The average Bonchev–Trinajstić information content (AvgIpc) is 2.58. The number of aryl methyl sites for hydroxylation is 1. The predicted molar refractivity (Wildman–Crippen MR) is 66.6 cm³/mol. The molecular weight excluding hydrogens is 344 g/mol. The van der Waals surface area contributed by atoms with Crippen LogP contribution in [0.25, 0.3) is 0 Å². The molecule has 0 radical (unpaired) electrons. The molecule has 0 amide bonds. The molecule has 0 aliphatic heterocycles. The first-order valence-electron chi connectivity index (χ1n) is 4.08. The van der Waals surface area contributed by atoms with E-state index < -0.39 is 0 Å². The molecule has 3 nitrogen and oxygen atoms in total. The van der Waals surface area contributed by atoms with E-state index in [1.165, 1.54) is 11.3 Å². The van der Waals surface area contributed by atoms with Crippen LogP contribution in [0.1, 0.15) is 5.56 Å². The first-order chi connectivity index (χ1) is 7.15. The molecule has 0 fully saturated rings. The summed E-state index contributed by atoms with van der Waals surface area (Å²) in [5, 5.41) is 8.21. The summed E-state index contributed by atoms with van der Waals surface area (Å²) < 4.78 is 7.29. The largest absolute Gasteiger partial charge is 0.429 e. The molecule has 0 aliphatic carbocycles. The molecule has 2 aromatic rings. The SMILES string of the molecule is Cc1ccc(Br)cc1Oc1nnc(Br)s1. The molecule has 6 heteroatoms. The highest BCUT2D eigenvalue weighted by Gasteiger charge is 2.06. The highest BCUT2D eigenvalue weighted by atomic mass is 79.9. The van der Waals surface area contributed by atoms with Crippen molar-refractivity contribution >= 4 is 43.2 Å². The molecule has 0 unspecified atom stereocenters. The maximum Gasteiger partial charge on any atom is 0.300 e. The molecule has 0 saturated heterocycles. The Labute approximate surface area is 108 Å². The number of ether oxygens (including phenoxy) is 1. The lowest BCUT2D eigenvalue weighted by Crippen LogP contribution is -1.86. The van der Waals surface area contributed by atoms with E-state index in [9.17, 15) is 0 Å². The monoisotopic (exact) mass is 348 g/mol. The number of aromatic nitrogens is 2. The van der Waals surface area contributed by atoms with E-state index in [0.29, 0.717) is 9.11 Å². The van der Waals surface area contributed by atoms with Gasteiger partial charge in [0.05, 0.1) is 0 Å². The molecule has 0 atom stereocenters. The van der Waals surface area contributed by atoms with Gasteiger partial charge in [-0.2, -0.15) is 0 Å². The second kappa shape index (κ2) is 4.59. The van der Waals surface area contributed by atoms with Gasteiger partial charge in [-0.1, -0.05) is 27.1 Å². The van der Waals surface area contributed by atoms with E-state index in [1.54, 1.807) is 0 Å². The van der Waals surface area contributed by atoms with Crippen LogP contribution in [0.5, 0.6) is 10.9 Å². The van der Waals surface area contributed by atoms with Crippen LogP contribution in [0, 0.1) is 6.92 Å². The van der Waals surface area contributed by atoms with Crippen molar-refractivity contribution in [1.82, 2.24) is 10.2 Å². The zero-order valence-electron chi connectivity index (χ0n) is 7.70. The molecule has 0 N–H and O–H groups in total. The van der Waals surface area contributed by atoms with Gasteiger partial charge in [-0.15, -0.1) is 5.10 Å². The Morgan fingerprint density at radius 2 is 2.07 bits per heavy atom. The van der Waals surface area contributed by atoms with Crippen LogP contribution in [0.15, 0.2) is 26.6 Å². The summed E-state index contributed by atoms with van der Waals surface area (Å²) in [7, 11) is 0. The van der Waals surface area contributed by atoms with Gasteiger partial charge in [-0.05, 0) is 51.9 Å². The van der Waals surface area contributed by atoms with Crippen molar-refractivity contribution in [2.45, 2.75) is 6.92 Å². The minimum Gasteiger partial charge on any atom is -0.429 e. The van der Waals surface area contributed by atoms with Crippen LogP contribution in [-0.4, -0.2) is 10.2 Å². The summed E-state index contributed by atoms with van der Waals surface area (Å²) in [5.41, 5.74) is 1.06. The van der Waals surface area contributed by atoms with E-state index in [0.717, 1.165) is 15.8 Å². The fourth-order valence-electron chi connectivity index (χ4n) is 1.01. The van der Waals surface area contributed by atoms with Crippen molar-refractivity contribution in [1.29, 1.82) is 0 Å². The Morgan fingerprint density at radius 3 is 2.73 bits per heavy atom. The molecule has 1 heterocycles. The van der Waals surface area contributed by atoms with Gasteiger partial charge in [0.1, 0.15) is 5.75 Å². The van der Waals surface area contributed by atoms with Gasteiger partial charge in [0.15, 0.2) is 3.92 Å². The molecule has 0 aliphatic rings. The average molecular weight is 350 g/mol. The molecule has 0 bridgehead atoms. The number of halogens is 2. The zero-order valence-corrected chi connectivity index (χ0v) is 11.7. The molecule has 78 valence electrons. The number of benzene rings is 1. The quantitative estimate of drug-likeness (QED) is 0.816. The van der Waals surface area contributed by atoms with Crippen molar-refractivity contribution in [3.63, 3.8) is 0 Å². The molecule has 1 aromatic carbocycles. The minimum atomic E-state index is 0.531. The maximum atomic E-state index is 5.60. The lowest BCUT2D eigenvalue weighted by Gasteiger charge is -2.04. The minimum absolute atomic E-state index is 0.531. The summed E-state index contributed by atoms with van der Waals surface area (Å²) in [5.74, 6) is 0.785. The molecule has 2 rings (SSSR count). The smallest absolute Gasteiger partial charge is 0.300 e. The van der Waals surface area contributed by atoms with Crippen molar-refractivity contribution < 1.29 is 4.74 Å². The molecule has 0 saturated carbocycles. The third-order valence-electron chi connectivity index (χ3n) is 1.73. The lowest BCUT2D eigenvalue weighted by molar-refractivity contribution is 0.469. The lowest BCUT2D eigenvalue weighted by atomic mass is 10.2. The number of nitrogens with zero attached hydrogens (tertiary/aromatic N) is 2. The first-order valence-corrected chi connectivity index (χ1v) is 6.48. The second-order valence-corrected chi connectivity index (χ2v) is 5.96. The molecule has 15 heavy (non-hydrogen) atoms. The van der Waals surface area contributed by atoms with E-state index in [-0.39, 0.29) is 0 Å². The first kappa shape index (κ1) is 11.0. The number of rotatable bonds is 2. The van der Waals surface area contributed by atoms with Crippen LogP contribution in [0.3, 0.4) is 0 Å². The van der Waals surface area contributed by atoms with E-state index in [4.69, 9.17) is 4.74 Å². The third-order valence-corrected chi connectivity index (χ3v) is 3.46. The van der Waals surface area contributed by atoms with Gasteiger partial charge >= 0.3 is 0 Å². The van der Waals surface area contributed by atoms with Crippen LogP contribution in [0.4, 0.5) is 0 Å². The van der Waals surface area contributed by atoms with Gasteiger partial charge in [-0.25, -0.2) is 0 Å². The Morgan fingerprint density at radius 1 is 1.27 bits per heavy atom. The summed E-state index contributed by atoms with van der Waals surface area (Å²) in [6.07, 6.45) is 0. The van der Waals surface area contributed by atoms with Crippen molar-refractivity contribution in [3.05, 3.63) is 32.2 Å². The highest BCUT2D eigenvalue weighted by molar-refractivity contribution is 9.11. The summed E-state index contributed by atoms with van der Waals surface area (Å²) >= 11 is 7.98. The summed E-state index contributed by atoms with van der Waals surface area (Å²) in [6.45, 7) is 1.98. The predicted octanol–water partition coefficient (Wildman–Crippen LogP) is 4.16.